The van der Waals surface area contributed by atoms with Crippen LogP contribution >= 0.6 is 0 Å². The zero-order valence-electron chi connectivity index (χ0n) is 31.3. The average molecular weight is 759 g/mol. The number of rotatable bonds is 19. The van der Waals surface area contributed by atoms with E-state index in [2.05, 4.69) is 16.0 Å². The van der Waals surface area contributed by atoms with Gasteiger partial charge < -0.3 is 36.4 Å². The van der Waals surface area contributed by atoms with Crippen molar-refractivity contribution in [3.8, 4) is 0 Å². The number of halogens is 1. The summed E-state index contributed by atoms with van der Waals surface area (Å²) in [5, 5.41) is 51.8. The highest BCUT2D eigenvalue weighted by Crippen LogP contribution is 2.28. The van der Waals surface area contributed by atoms with Crippen LogP contribution in [0.2, 0.25) is 0 Å². The molecule has 12 heteroatoms. The Bertz CT molecular complexity index is 1770. The molecule has 3 aliphatic heterocycles. The first-order chi connectivity index (χ1) is 26.5. The maximum atomic E-state index is 15.6. The molecule has 3 aromatic carbocycles. The van der Waals surface area contributed by atoms with Crippen LogP contribution in [0.5, 0.6) is 0 Å². The Morgan fingerprint density at radius 1 is 0.600 bits per heavy atom. The number of nitrogens with zero attached hydrogens (tertiary/aromatic N) is 1. The molecule has 0 bridgehead atoms. The van der Waals surface area contributed by atoms with Gasteiger partial charge in [0.15, 0.2) is 0 Å². The number of aliphatic hydroxyl groups is 1. The lowest BCUT2D eigenvalue weighted by Crippen LogP contribution is -2.36. The molecule has 0 radical (unpaired) electrons. The minimum atomic E-state index is -1.07. The van der Waals surface area contributed by atoms with Crippen LogP contribution in [0.4, 0.5) is 4.39 Å². The van der Waals surface area contributed by atoms with Crippen molar-refractivity contribution in [2.45, 2.75) is 64.3 Å². The number of aliphatic hydroxyl groups excluding tert-OH is 1. The van der Waals surface area contributed by atoms with Crippen molar-refractivity contribution in [3.05, 3.63) is 106 Å². The van der Waals surface area contributed by atoms with E-state index in [0.29, 0.717) is 43.6 Å². The van der Waals surface area contributed by atoms with E-state index in [1.165, 1.54) is 6.07 Å². The second kappa shape index (κ2) is 19.1. The molecule has 0 spiro atoms. The molecule has 0 amide bonds. The van der Waals surface area contributed by atoms with Crippen LogP contribution in [0.3, 0.4) is 0 Å². The summed E-state index contributed by atoms with van der Waals surface area (Å²) in [6.45, 7) is 4.62. The van der Waals surface area contributed by atoms with Crippen LogP contribution in [0.25, 0.3) is 0 Å². The Labute approximate surface area is 322 Å². The van der Waals surface area contributed by atoms with Gasteiger partial charge in [-0.05, 0) is 129 Å². The van der Waals surface area contributed by atoms with Crippen molar-refractivity contribution >= 4 is 17.9 Å². The number of benzene rings is 3. The van der Waals surface area contributed by atoms with E-state index in [9.17, 15) is 34.8 Å². The number of hydrogen-bond donors (Lipinski definition) is 7. The summed E-state index contributed by atoms with van der Waals surface area (Å²) in [7, 11) is 0. The quantitative estimate of drug-likeness (QED) is 0.0884. The van der Waals surface area contributed by atoms with Crippen molar-refractivity contribution in [2.75, 3.05) is 39.3 Å². The molecule has 55 heavy (non-hydrogen) atoms. The van der Waals surface area contributed by atoms with Crippen LogP contribution in [-0.4, -0.2) is 88.7 Å². The Balaban J connectivity index is 1.24. The molecule has 7 N–H and O–H groups in total. The molecule has 0 saturated carbocycles. The highest BCUT2D eigenvalue weighted by Gasteiger charge is 2.33. The van der Waals surface area contributed by atoms with Gasteiger partial charge in [0.1, 0.15) is 12.0 Å². The molecular formula is C43H55FN4O7. The molecule has 11 nitrogen and oxygen atoms in total. The zero-order chi connectivity index (χ0) is 38.9. The van der Waals surface area contributed by atoms with Gasteiger partial charge in [-0.2, -0.15) is 0 Å². The maximum Gasteiger partial charge on any atom is 0.307 e. The molecule has 0 aliphatic carbocycles. The molecule has 3 fully saturated rings. The van der Waals surface area contributed by atoms with E-state index < -0.39 is 47.7 Å². The molecule has 6 rings (SSSR count). The van der Waals surface area contributed by atoms with Gasteiger partial charge in [-0.25, -0.2) is 4.39 Å². The van der Waals surface area contributed by atoms with Crippen LogP contribution in [-0.2, 0) is 53.2 Å². The van der Waals surface area contributed by atoms with Gasteiger partial charge in [0.05, 0.1) is 17.8 Å². The minimum Gasteiger partial charge on any atom is -0.481 e. The first kappa shape index (κ1) is 40.5. The third-order valence-corrected chi connectivity index (χ3v) is 12.0. The fourth-order valence-corrected chi connectivity index (χ4v) is 8.86. The Kier molecular flexibility index (Phi) is 14.1. The third-order valence-electron chi connectivity index (χ3n) is 12.0. The standard InChI is InChI=1S/C43H55FN4O7/c44-39-8-7-30(20-38(43(54)55)34-11-14-47-24-34)17-35(39)26-48(25-31-6-2-4-28(16-31)19-37(42(52)53)33-10-13-46-23-33)40(49)21-29-5-1-3-27(15-29)18-36(41(50)51)32-9-12-45-22-32/h1-8,15-17,32-34,36-38,40,45-47,49H,9-14,18-26H2,(H,50,51)(H,52,53)(H,54,55)/t32-,33-,34-,36-,37-,38-,40-/m0/s1. The van der Waals surface area contributed by atoms with E-state index in [1.807, 2.05) is 48.5 Å². The van der Waals surface area contributed by atoms with Gasteiger partial charge in [-0.3, -0.25) is 19.3 Å². The maximum absolute atomic E-state index is 15.6. The van der Waals surface area contributed by atoms with E-state index in [-0.39, 0.29) is 43.7 Å². The summed E-state index contributed by atoms with van der Waals surface area (Å²) in [6, 6.07) is 20.0. The lowest BCUT2D eigenvalue weighted by Gasteiger charge is -2.29. The molecule has 3 heterocycles. The summed E-state index contributed by atoms with van der Waals surface area (Å²) in [4.78, 5) is 38.5. The largest absolute Gasteiger partial charge is 0.481 e. The number of carboxylic acids is 3. The minimum absolute atomic E-state index is 0.0152. The number of aliphatic carboxylic acids is 3. The van der Waals surface area contributed by atoms with Gasteiger partial charge >= 0.3 is 17.9 Å². The highest BCUT2D eigenvalue weighted by molar-refractivity contribution is 5.72. The van der Waals surface area contributed by atoms with Crippen molar-refractivity contribution in [1.29, 1.82) is 0 Å². The van der Waals surface area contributed by atoms with Gasteiger partial charge in [0.25, 0.3) is 0 Å². The van der Waals surface area contributed by atoms with E-state index in [1.54, 1.807) is 17.0 Å². The normalized spacial score (nSPS) is 22.1. The van der Waals surface area contributed by atoms with E-state index in [4.69, 9.17) is 0 Å². The number of nitrogens with one attached hydrogen (secondary N) is 3. The Hall–Kier alpha value is -4.20. The van der Waals surface area contributed by atoms with Crippen molar-refractivity contribution in [2.24, 2.45) is 35.5 Å². The van der Waals surface area contributed by atoms with Crippen LogP contribution in [0, 0.1) is 41.3 Å². The molecule has 0 aromatic heterocycles. The second-order valence-corrected chi connectivity index (χ2v) is 15.9. The number of carboxylic acid groups (broad SMARTS) is 3. The predicted octanol–water partition coefficient (Wildman–Crippen LogP) is 3.95. The molecule has 7 atom stereocenters. The third kappa shape index (κ3) is 11.0. The van der Waals surface area contributed by atoms with Crippen LogP contribution < -0.4 is 16.0 Å². The van der Waals surface area contributed by atoms with Crippen LogP contribution in [0.15, 0.2) is 66.7 Å². The van der Waals surface area contributed by atoms with Crippen LogP contribution in [0.1, 0.15) is 52.6 Å². The highest BCUT2D eigenvalue weighted by atomic mass is 19.1. The summed E-state index contributed by atoms with van der Waals surface area (Å²) >= 11 is 0. The molecule has 296 valence electrons. The van der Waals surface area contributed by atoms with Crippen molar-refractivity contribution < 1.29 is 39.2 Å². The molecule has 3 saturated heterocycles. The predicted molar refractivity (Wildman–Crippen MR) is 206 cm³/mol. The fraction of sp³-hybridized carbons (Fsp3) is 0.512. The van der Waals surface area contributed by atoms with Gasteiger partial charge in [0.2, 0.25) is 0 Å². The first-order valence-electron chi connectivity index (χ1n) is 19.7. The number of carbonyl (C=O) groups is 3. The summed E-state index contributed by atoms with van der Waals surface area (Å²) in [5.74, 6) is -4.56. The Morgan fingerprint density at radius 2 is 1.02 bits per heavy atom. The first-order valence-corrected chi connectivity index (χ1v) is 19.7. The second-order valence-electron chi connectivity index (χ2n) is 15.9. The zero-order valence-corrected chi connectivity index (χ0v) is 31.3. The summed E-state index contributed by atoms with van der Waals surface area (Å²) < 4.78 is 15.6. The molecular weight excluding hydrogens is 703 g/mol. The summed E-state index contributed by atoms with van der Waals surface area (Å²) in [5.41, 5.74) is 4.45. The monoisotopic (exact) mass is 758 g/mol. The van der Waals surface area contributed by atoms with Crippen molar-refractivity contribution in [1.82, 2.24) is 20.9 Å². The Morgan fingerprint density at radius 3 is 1.45 bits per heavy atom. The topological polar surface area (TPSA) is 171 Å². The van der Waals surface area contributed by atoms with E-state index >= 15 is 4.39 Å². The molecule has 0 unspecified atom stereocenters. The summed E-state index contributed by atoms with van der Waals surface area (Å²) in [6.07, 6.45) is 2.54. The average Bonchev–Trinajstić information content (AvgIpc) is 3.98. The van der Waals surface area contributed by atoms with Gasteiger partial charge in [-0.15, -0.1) is 0 Å². The smallest absolute Gasteiger partial charge is 0.307 e. The SMILES string of the molecule is O=C(O)[C@@H](Cc1cccc(C[C@H](O)N(Cc2cccc(C[C@H](C(=O)O)[C@H]3CCNC3)c2)Cc2cc(C[C@H](C(=O)O)[C@H]3CCNC3)ccc2F)c1)[C@H]1CCNC1. The molecule has 3 aromatic rings. The fourth-order valence-electron chi connectivity index (χ4n) is 8.86. The lowest BCUT2D eigenvalue weighted by molar-refractivity contribution is -0.144. The van der Waals surface area contributed by atoms with E-state index in [0.717, 1.165) is 61.2 Å². The van der Waals surface area contributed by atoms with Gasteiger partial charge in [-0.1, -0.05) is 60.7 Å². The van der Waals surface area contributed by atoms with Gasteiger partial charge in [0, 0.05) is 25.1 Å². The van der Waals surface area contributed by atoms with Crippen molar-refractivity contribution in [3.63, 3.8) is 0 Å². The lowest BCUT2D eigenvalue weighted by atomic mass is 9.85. The molecule has 3 aliphatic rings. The number of hydrogen-bond acceptors (Lipinski definition) is 8.